The van der Waals surface area contributed by atoms with Crippen molar-refractivity contribution in [3.63, 3.8) is 0 Å². The van der Waals surface area contributed by atoms with Gasteiger partial charge in [-0.3, -0.25) is 24.1 Å². The highest BCUT2D eigenvalue weighted by Gasteiger charge is 2.47. The van der Waals surface area contributed by atoms with Gasteiger partial charge in [0.05, 0.1) is 63.8 Å². The number of halogens is 1. The number of aromatic amines is 1. The summed E-state index contributed by atoms with van der Waals surface area (Å²) in [4.78, 5) is 64.7. The molecule has 31 nitrogen and oxygen atoms in total. The van der Waals surface area contributed by atoms with Gasteiger partial charge in [0.15, 0.2) is 17.2 Å². The summed E-state index contributed by atoms with van der Waals surface area (Å²) in [5.74, 6) is -3.39. The molecule has 0 bridgehead atoms. The molecule has 33 heteroatoms. The monoisotopic (exact) mass is 1310 g/mol. The number of fused-ring (bicyclic) bond motifs is 4. The zero-order valence-electron chi connectivity index (χ0n) is 49.1. The number of nitrogens with zero attached hydrogens (tertiary/aromatic N) is 7. The van der Waals surface area contributed by atoms with Gasteiger partial charge in [-0.25, -0.2) is 4.68 Å². The smallest absolute Gasteiger partial charge is 0.497 e. The van der Waals surface area contributed by atoms with Gasteiger partial charge in [-0.05, 0) is 78.0 Å². The Morgan fingerprint density at radius 3 is 2.19 bits per heavy atom. The standard InChI is InChI=1S/C58H67ClN8O23S/c1-29(62-88-58-54(77)52(75)50(73)45(27-69)87-58)30-4-8-38-32(18-30)19-39(60-38)56(79)66-24-33(23-59)48-37-21-35(82-3)6-7-36(37)42(22-40(48)66)89-91(80,81)90-43-20-31(5-9-41(43)85-57-53(76)51(74)49(72)44(26-68)86-57)55(78)64(2)13-16-83-17-14-65-25-34(61-63-65)12-15-84-28-67-46(70)10-11-47(67)71/h4-9,18-22,25,33,44-45,49-54,57-58,60,68-69,72-77H,10-17,23-24,26-28H2,1-3H3/b62-29+/t33-,44-,45?,49+,50+,51+,52+,53-,54-,57-,58?/m1/s1. The molecule has 6 heterocycles. The minimum absolute atomic E-state index is 0.0141. The largest absolute Gasteiger partial charge is 0.501 e. The van der Waals surface area contributed by atoms with Crippen molar-refractivity contribution >= 4 is 78.7 Å². The predicted octanol–water partition coefficient (Wildman–Crippen LogP) is -0.220. The van der Waals surface area contributed by atoms with Gasteiger partial charge in [0.1, 0.15) is 67.0 Å². The number of amides is 4. The highest BCUT2D eigenvalue weighted by Crippen LogP contribution is 2.48. The number of carbonyl (C=O) groups is 4. The SMILES string of the molecule is COc1ccc2c(OS(=O)(=O)Oc3cc(C(=O)N(C)CCOCCn4cc(CCOCN5C(=O)CCC5=O)nn4)ccc3O[C@@H]3O[C@H](CO)[C@H](O)[C@H](O)[C@H]3O)cc3c(c2c1)[C@H](CCl)CN3C(=O)c1cc2cc(/C(C)=N/OC3OC(CO)[C@H](O)[C@H](O)[C@H]3O)ccc2[nH]1. The number of carbonyl (C=O) groups excluding carboxylic acids is 4. The Morgan fingerprint density at radius 2 is 1.48 bits per heavy atom. The zero-order chi connectivity index (χ0) is 65.0. The van der Waals surface area contributed by atoms with Crippen LogP contribution in [0.4, 0.5) is 5.69 Å². The molecule has 4 aliphatic heterocycles. The molecule has 0 aliphatic carbocycles. The fraction of sp³-hybridized carbons (Fsp3) is 0.466. The molecule has 4 aromatic carbocycles. The number of rotatable bonds is 26. The molecule has 91 heavy (non-hydrogen) atoms. The molecule has 0 saturated carbocycles. The van der Waals surface area contributed by atoms with E-state index >= 15 is 0 Å². The average molecular weight is 1310 g/mol. The molecular formula is C58H67ClN8O23S. The quantitative estimate of drug-likeness (QED) is 0.0111. The van der Waals surface area contributed by atoms with Crippen LogP contribution in [0.25, 0.3) is 21.7 Å². The minimum Gasteiger partial charge on any atom is -0.497 e. The summed E-state index contributed by atoms with van der Waals surface area (Å²) in [6.45, 7) is 0.726. The number of likely N-dealkylation sites (tertiary alicyclic amines) is 1. The second-order valence-electron chi connectivity index (χ2n) is 21.8. The maximum absolute atomic E-state index is 14.8. The van der Waals surface area contributed by atoms with E-state index < -0.39 is 114 Å². The summed E-state index contributed by atoms with van der Waals surface area (Å²) in [5.41, 5.74) is 2.67. The van der Waals surface area contributed by atoms with Crippen molar-refractivity contribution in [3.05, 3.63) is 101 Å². The van der Waals surface area contributed by atoms with Crippen molar-refractivity contribution in [2.75, 3.05) is 77.8 Å². The Hall–Kier alpha value is -7.67. The van der Waals surface area contributed by atoms with E-state index in [9.17, 15) is 68.4 Å². The van der Waals surface area contributed by atoms with Gasteiger partial charge in [0, 0.05) is 85.3 Å². The molecule has 6 aromatic rings. The molecule has 0 spiro atoms. The van der Waals surface area contributed by atoms with Crippen molar-refractivity contribution in [2.45, 2.75) is 100 Å². The van der Waals surface area contributed by atoms with Crippen LogP contribution in [0, 0.1) is 0 Å². The number of aromatic nitrogens is 4. The molecule has 3 saturated heterocycles. The number of oxime groups is 1. The Kier molecular flexibility index (Phi) is 20.7. The molecule has 9 N–H and O–H groups in total. The van der Waals surface area contributed by atoms with Gasteiger partial charge >= 0.3 is 10.4 Å². The lowest BCUT2D eigenvalue weighted by molar-refractivity contribution is -0.301. The Morgan fingerprint density at radius 1 is 0.791 bits per heavy atom. The third-order valence-corrected chi connectivity index (χ3v) is 16.9. The molecule has 10 rings (SSSR count). The molecule has 11 atom stereocenters. The number of hydrogen-bond donors (Lipinski definition) is 9. The average Bonchev–Trinajstić information content (AvgIpc) is 1.64. The number of nitrogens with one attached hydrogen (secondary N) is 1. The number of imide groups is 1. The van der Waals surface area contributed by atoms with E-state index in [4.69, 9.17) is 53.2 Å². The summed E-state index contributed by atoms with van der Waals surface area (Å²) < 4.78 is 75.5. The number of alkyl halides is 1. The summed E-state index contributed by atoms with van der Waals surface area (Å²) in [5, 5.41) is 95.6. The topological polar surface area (TPSA) is 416 Å². The van der Waals surface area contributed by atoms with Crippen LogP contribution in [0.3, 0.4) is 0 Å². The Labute approximate surface area is 523 Å². The number of likely N-dealkylation sites (N-methyl/N-ethyl adjacent to an activating group) is 1. The lowest BCUT2D eigenvalue weighted by Crippen LogP contribution is -2.60. The number of benzene rings is 4. The van der Waals surface area contributed by atoms with Crippen LogP contribution in [0.1, 0.15) is 63.4 Å². The van der Waals surface area contributed by atoms with Crippen molar-refractivity contribution in [2.24, 2.45) is 5.16 Å². The van der Waals surface area contributed by atoms with Crippen LogP contribution in [0.5, 0.6) is 23.0 Å². The first-order valence-electron chi connectivity index (χ1n) is 28.7. The van der Waals surface area contributed by atoms with Gasteiger partial charge in [-0.15, -0.1) is 25.1 Å². The van der Waals surface area contributed by atoms with E-state index in [1.165, 1.54) is 42.2 Å². The maximum Gasteiger partial charge on any atom is 0.501 e. The van der Waals surface area contributed by atoms with E-state index in [1.807, 2.05) is 0 Å². The first-order valence-corrected chi connectivity index (χ1v) is 30.5. The number of ether oxygens (including phenoxy) is 6. The number of hydrogen-bond acceptors (Lipinski definition) is 26. The Balaban J connectivity index is 0.860. The second kappa shape index (κ2) is 28.5. The molecular weight excluding hydrogens is 1240 g/mol. The number of aliphatic hydroxyl groups excluding tert-OH is 8. The van der Waals surface area contributed by atoms with E-state index in [1.54, 1.807) is 54.2 Å². The summed E-state index contributed by atoms with van der Waals surface area (Å²) in [7, 11) is -2.44. The lowest BCUT2D eigenvalue weighted by atomic mass is 9.95. The van der Waals surface area contributed by atoms with Gasteiger partial charge in [0.2, 0.25) is 18.1 Å². The molecule has 4 amide bonds. The highest BCUT2D eigenvalue weighted by atomic mass is 35.5. The van der Waals surface area contributed by atoms with Crippen LogP contribution >= 0.6 is 11.6 Å². The van der Waals surface area contributed by atoms with Crippen LogP contribution < -0.4 is 22.7 Å². The normalized spacial score (nSPS) is 24.5. The summed E-state index contributed by atoms with van der Waals surface area (Å²) >= 11 is 6.63. The third-order valence-electron chi connectivity index (χ3n) is 15.8. The van der Waals surface area contributed by atoms with E-state index in [-0.39, 0.29) is 104 Å². The van der Waals surface area contributed by atoms with Gasteiger partial charge in [-0.2, -0.15) is 0 Å². The number of methoxy groups -OCH3 is 1. The molecule has 0 radical (unpaired) electrons. The molecule has 4 aliphatic rings. The molecule has 3 fully saturated rings. The minimum atomic E-state index is -5.34. The van der Waals surface area contributed by atoms with Crippen molar-refractivity contribution < 1.29 is 110 Å². The fourth-order valence-electron chi connectivity index (χ4n) is 10.7. The first kappa shape index (κ1) is 66.3. The number of anilines is 1. The van der Waals surface area contributed by atoms with Crippen LogP contribution in [0.15, 0.2) is 78.1 Å². The zero-order valence-corrected chi connectivity index (χ0v) is 50.7. The van der Waals surface area contributed by atoms with Crippen molar-refractivity contribution in [1.82, 2.24) is 29.8 Å². The summed E-state index contributed by atoms with van der Waals surface area (Å²) in [6, 6.07) is 16.1. The van der Waals surface area contributed by atoms with Gasteiger partial charge < -0.3 is 97.3 Å². The number of aliphatic hydroxyl groups is 8. The molecule has 490 valence electrons. The lowest BCUT2D eigenvalue weighted by Gasteiger charge is -2.39. The van der Waals surface area contributed by atoms with E-state index in [0.717, 1.165) is 17.0 Å². The maximum atomic E-state index is 14.8. The third kappa shape index (κ3) is 14.5. The van der Waals surface area contributed by atoms with Crippen LogP contribution in [0.2, 0.25) is 0 Å². The fourth-order valence-corrected chi connectivity index (χ4v) is 11.7. The molecule has 2 aromatic heterocycles. The van der Waals surface area contributed by atoms with Crippen molar-refractivity contribution in [1.29, 1.82) is 0 Å². The highest BCUT2D eigenvalue weighted by molar-refractivity contribution is 7.82. The van der Waals surface area contributed by atoms with Gasteiger partial charge in [0.25, 0.3) is 18.1 Å². The molecule has 2 unspecified atom stereocenters. The van der Waals surface area contributed by atoms with E-state index in [0.29, 0.717) is 51.8 Å². The Bertz CT molecular complexity index is 3780. The first-order chi connectivity index (χ1) is 43.6. The van der Waals surface area contributed by atoms with Gasteiger partial charge in [-0.1, -0.05) is 16.4 Å². The van der Waals surface area contributed by atoms with Crippen LogP contribution in [-0.4, -0.2) is 243 Å². The van der Waals surface area contributed by atoms with E-state index in [2.05, 4.69) is 20.5 Å². The second-order valence-corrected chi connectivity index (χ2v) is 23.3. The predicted molar refractivity (Wildman–Crippen MR) is 315 cm³/mol. The van der Waals surface area contributed by atoms with Crippen molar-refractivity contribution in [3.8, 4) is 23.0 Å². The van der Waals surface area contributed by atoms with Crippen LogP contribution in [-0.2, 0) is 56.7 Å². The number of H-pyrrole nitrogens is 1. The summed E-state index contributed by atoms with van der Waals surface area (Å²) in [6.07, 6.45) is -14.2.